The first-order valence-corrected chi connectivity index (χ1v) is 7.24. The molecule has 4 nitrogen and oxygen atoms in total. The molecule has 0 amide bonds. The first kappa shape index (κ1) is 13.4. The van der Waals surface area contributed by atoms with Gasteiger partial charge in [0.05, 0.1) is 12.7 Å². The van der Waals surface area contributed by atoms with Crippen molar-refractivity contribution in [2.24, 2.45) is 0 Å². The third kappa shape index (κ3) is 2.52. The van der Waals surface area contributed by atoms with Crippen LogP contribution in [0.25, 0.3) is 0 Å². The molecule has 2 saturated heterocycles. The minimum absolute atomic E-state index is 0.0578. The molecule has 20 heavy (non-hydrogen) atoms. The van der Waals surface area contributed by atoms with Gasteiger partial charge in [-0.25, -0.2) is 4.79 Å². The Hall–Kier alpha value is -1.55. The van der Waals surface area contributed by atoms with Crippen molar-refractivity contribution in [1.82, 2.24) is 4.90 Å². The topological polar surface area (TPSA) is 38.8 Å². The van der Waals surface area contributed by atoms with E-state index >= 15 is 0 Å². The molecule has 108 valence electrons. The number of piperidine rings is 1. The van der Waals surface area contributed by atoms with Gasteiger partial charge in [0.25, 0.3) is 0 Å². The van der Waals surface area contributed by atoms with Gasteiger partial charge in [0, 0.05) is 24.9 Å². The lowest BCUT2D eigenvalue weighted by molar-refractivity contribution is -0.000475. The van der Waals surface area contributed by atoms with E-state index in [0.29, 0.717) is 23.4 Å². The molecule has 0 aliphatic carbocycles. The highest BCUT2D eigenvalue weighted by atomic mass is 16.5. The molecular weight excluding hydrogens is 254 g/mol. The largest absolute Gasteiger partial charge is 0.497 e. The van der Waals surface area contributed by atoms with Crippen LogP contribution in [0.4, 0.5) is 0 Å². The van der Waals surface area contributed by atoms with Crippen LogP contribution in [0.2, 0.25) is 0 Å². The summed E-state index contributed by atoms with van der Waals surface area (Å²) in [6, 6.07) is 8.30. The van der Waals surface area contributed by atoms with Crippen molar-refractivity contribution in [2.45, 2.75) is 43.9 Å². The van der Waals surface area contributed by atoms with Crippen molar-refractivity contribution >= 4 is 5.97 Å². The molecule has 2 fully saturated rings. The smallest absolute Gasteiger partial charge is 0.338 e. The Bertz CT molecular complexity index is 488. The van der Waals surface area contributed by atoms with E-state index in [-0.39, 0.29) is 12.1 Å². The molecule has 0 saturated carbocycles. The van der Waals surface area contributed by atoms with Crippen LogP contribution in [0.1, 0.15) is 36.0 Å². The number of fused-ring (bicyclic) bond motifs is 2. The summed E-state index contributed by atoms with van der Waals surface area (Å²) in [7, 11) is 3.78. The maximum atomic E-state index is 12.2. The van der Waals surface area contributed by atoms with Gasteiger partial charge in [-0.1, -0.05) is 6.07 Å². The highest BCUT2D eigenvalue weighted by Gasteiger charge is 2.39. The average molecular weight is 275 g/mol. The predicted octanol–water partition coefficient (Wildman–Crippen LogP) is 2.48. The summed E-state index contributed by atoms with van der Waals surface area (Å²) in [4.78, 5) is 14.6. The first-order chi connectivity index (χ1) is 9.67. The predicted molar refractivity (Wildman–Crippen MR) is 76.0 cm³/mol. The standard InChI is InChI=1S/C16H21NO3/c1-17-12-6-7-13(17)10-15(9-12)20-16(18)11-4-3-5-14(8-11)19-2/h3-5,8,12-13,15H,6-7,9-10H2,1-2H3/t12-,13+,15?. The monoisotopic (exact) mass is 275 g/mol. The number of benzene rings is 1. The fourth-order valence-electron chi connectivity index (χ4n) is 3.43. The molecule has 1 aromatic rings. The lowest BCUT2D eigenvalue weighted by atomic mass is 10.0. The molecular formula is C16H21NO3. The Balaban J connectivity index is 1.64. The van der Waals surface area contributed by atoms with Gasteiger partial charge < -0.3 is 14.4 Å². The van der Waals surface area contributed by atoms with Crippen LogP contribution >= 0.6 is 0 Å². The van der Waals surface area contributed by atoms with Crippen LogP contribution in [0.15, 0.2) is 24.3 Å². The van der Waals surface area contributed by atoms with Crippen LogP contribution in [-0.4, -0.2) is 43.2 Å². The number of hydrogen-bond donors (Lipinski definition) is 0. The van der Waals surface area contributed by atoms with Crippen molar-refractivity contribution in [1.29, 1.82) is 0 Å². The molecule has 1 aromatic carbocycles. The first-order valence-electron chi connectivity index (χ1n) is 7.24. The summed E-state index contributed by atoms with van der Waals surface area (Å²) in [5.74, 6) is 0.445. The fourth-order valence-corrected chi connectivity index (χ4v) is 3.43. The quantitative estimate of drug-likeness (QED) is 0.794. The zero-order valence-corrected chi connectivity index (χ0v) is 12.0. The maximum Gasteiger partial charge on any atom is 0.338 e. The SMILES string of the molecule is COc1cccc(C(=O)OC2C[C@H]3CC[C@@H](C2)N3C)c1. The highest BCUT2D eigenvalue weighted by molar-refractivity contribution is 5.90. The lowest BCUT2D eigenvalue weighted by Gasteiger charge is -2.35. The zero-order valence-electron chi connectivity index (χ0n) is 12.0. The molecule has 3 atom stereocenters. The normalized spacial score (nSPS) is 29.2. The van der Waals surface area contributed by atoms with Crippen molar-refractivity contribution in [3.8, 4) is 5.75 Å². The van der Waals surface area contributed by atoms with Gasteiger partial charge in [-0.3, -0.25) is 0 Å². The summed E-state index contributed by atoms with van der Waals surface area (Å²) < 4.78 is 10.8. The molecule has 0 spiro atoms. The van der Waals surface area contributed by atoms with Crippen molar-refractivity contribution in [3.05, 3.63) is 29.8 Å². The Kier molecular flexibility index (Phi) is 3.66. The van der Waals surface area contributed by atoms with E-state index in [0.717, 1.165) is 12.8 Å². The number of carbonyl (C=O) groups is 1. The summed E-state index contributed by atoms with van der Waals surface area (Å²) in [5.41, 5.74) is 0.565. The number of rotatable bonds is 3. The molecule has 0 radical (unpaired) electrons. The highest BCUT2D eigenvalue weighted by Crippen LogP contribution is 2.35. The van der Waals surface area contributed by atoms with Crippen molar-refractivity contribution in [2.75, 3.05) is 14.2 Å². The van der Waals surface area contributed by atoms with E-state index in [9.17, 15) is 4.79 Å². The summed E-state index contributed by atoms with van der Waals surface area (Å²) >= 11 is 0. The molecule has 4 heteroatoms. The molecule has 1 unspecified atom stereocenters. The second-order valence-electron chi connectivity index (χ2n) is 5.78. The Labute approximate surface area is 119 Å². The summed E-state index contributed by atoms with van der Waals surface area (Å²) in [6.07, 6.45) is 4.44. The van der Waals surface area contributed by atoms with E-state index in [4.69, 9.17) is 9.47 Å². The van der Waals surface area contributed by atoms with Gasteiger partial charge in [-0.15, -0.1) is 0 Å². The van der Waals surface area contributed by atoms with E-state index < -0.39 is 0 Å². The molecule has 0 N–H and O–H groups in total. The molecule has 2 bridgehead atoms. The zero-order chi connectivity index (χ0) is 14.1. The summed E-state index contributed by atoms with van der Waals surface area (Å²) in [5, 5.41) is 0. The Morgan fingerprint density at radius 1 is 1.25 bits per heavy atom. The maximum absolute atomic E-state index is 12.2. The van der Waals surface area contributed by atoms with Gasteiger partial charge in [-0.05, 0) is 38.1 Å². The second kappa shape index (κ2) is 5.44. The second-order valence-corrected chi connectivity index (χ2v) is 5.78. The molecule has 2 aliphatic rings. The number of methoxy groups -OCH3 is 1. The fraction of sp³-hybridized carbons (Fsp3) is 0.562. The number of ether oxygens (including phenoxy) is 2. The van der Waals surface area contributed by atoms with Gasteiger partial charge in [0.15, 0.2) is 0 Å². The Morgan fingerprint density at radius 2 is 1.95 bits per heavy atom. The van der Waals surface area contributed by atoms with Gasteiger partial charge >= 0.3 is 5.97 Å². The molecule has 2 aliphatic heterocycles. The summed E-state index contributed by atoms with van der Waals surface area (Å²) in [6.45, 7) is 0. The van der Waals surface area contributed by atoms with Crippen LogP contribution in [0.3, 0.4) is 0 Å². The molecule has 3 rings (SSSR count). The van der Waals surface area contributed by atoms with E-state index in [1.807, 2.05) is 12.1 Å². The van der Waals surface area contributed by atoms with E-state index in [2.05, 4.69) is 11.9 Å². The van der Waals surface area contributed by atoms with Crippen LogP contribution in [0.5, 0.6) is 5.75 Å². The third-order valence-electron chi connectivity index (χ3n) is 4.63. The minimum atomic E-state index is -0.238. The van der Waals surface area contributed by atoms with Gasteiger partial charge in [0.1, 0.15) is 11.9 Å². The number of esters is 1. The van der Waals surface area contributed by atoms with E-state index in [1.54, 1.807) is 19.2 Å². The number of nitrogens with zero attached hydrogens (tertiary/aromatic N) is 1. The lowest BCUT2D eigenvalue weighted by Crippen LogP contribution is -2.43. The number of carbonyl (C=O) groups excluding carboxylic acids is 1. The van der Waals surface area contributed by atoms with Gasteiger partial charge in [-0.2, -0.15) is 0 Å². The van der Waals surface area contributed by atoms with Crippen LogP contribution in [-0.2, 0) is 4.74 Å². The van der Waals surface area contributed by atoms with Crippen molar-refractivity contribution < 1.29 is 14.3 Å². The Morgan fingerprint density at radius 3 is 2.60 bits per heavy atom. The number of hydrogen-bond acceptors (Lipinski definition) is 4. The molecule has 0 aromatic heterocycles. The third-order valence-corrected chi connectivity index (χ3v) is 4.63. The van der Waals surface area contributed by atoms with Gasteiger partial charge in [0.2, 0.25) is 0 Å². The van der Waals surface area contributed by atoms with E-state index in [1.165, 1.54) is 12.8 Å². The van der Waals surface area contributed by atoms with Crippen molar-refractivity contribution in [3.63, 3.8) is 0 Å². The van der Waals surface area contributed by atoms with Crippen LogP contribution < -0.4 is 4.74 Å². The molecule has 2 heterocycles. The average Bonchev–Trinajstić information content (AvgIpc) is 2.69. The van der Waals surface area contributed by atoms with Crippen LogP contribution in [0, 0.1) is 0 Å². The minimum Gasteiger partial charge on any atom is -0.497 e.